The van der Waals surface area contributed by atoms with Gasteiger partial charge in [-0.25, -0.2) is 14.4 Å². The summed E-state index contributed by atoms with van der Waals surface area (Å²) >= 11 is 0. The highest BCUT2D eigenvalue weighted by Gasteiger charge is 2.35. The summed E-state index contributed by atoms with van der Waals surface area (Å²) in [4.78, 5) is 8.29. The molecular weight excluding hydrogens is 305 g/mol. The van der Waals surface area contributed by atoms with E-state index in [2.05, 4.69) is 9.97 Å². The Morgan fingerprint density at radius 2 is 2.26 bits per heavy atom. The number of nitrogens with zero attached hydrogens (tertiary/aromatic N) is 3. The largest absolute Gasteiger partial charge is 0.472 e. The number of hydrogen-bond donors (Lipinski definition) is 2. The van der Waals surface area contributed by atoms with Crippen molar-refractivity contribution < 1.29 is 23.8 Å². The van der Waals surface area contributed by atoms with Crippen molar-refractivity contribution in [2.75, 3.05) is 6.61 Å². The number of furan rings is 1. The molecular formula is C15H14FN3O4. The third-order valence-corrected chi connectivity index (χ3v) is 4.05. The Hall–Kier alpha value is -2.29. The van der Waals surface area contributed by atoms with E-state index >= 15 is 0 Å². The lowest BCUT2D eigenvalue weighted by atomic mass is 10.2. The van der Waals surface area contributed by atoms with Crippen LogP contribution in [0.2, 0.25) is 0 Å². The molecule has 0 aromatic carbocycles. The van der Waals surface area contributed by atoms with Crippen molar-refractivity contribution in [2.45, 2.75) is 24.9 Å². The highest BCUT2D eigenvalue weighted by molar-refractivity contribution is 5.91. The van der Waals surface area contributed by atoms with Gasteiger partial charge in [-0.2, -0.15) is 0 Å². The molecule has 4 heterocycles. The maximum Gasteiger partial charge on any atom is 0.152 e. The van der Waals surface area contributed by atoms with E-state index in [1.807, 2.05) is 0 Å². The molecule has 120 valence electrons. The predicted molar refractivity (Wildman–Crippen MR) is 76.8 cm³/mol. The van der Waals surface area contributed by atoms with E-state index in [1.54, 1.807) is 6.07 Å². The molecule has 0 spiro atoms. The lowest BCUT2D eigenvalue weighted by Crippen LogP contribution is -2.24. The molecule has 3 atom stereocenters. The van der Waals surface area contributed by atoms with Crippen LogP contribution < -0.4 is 0 Å². The van der Waals surface area contributed by atoms with Crippen molar-refractivity contribution >= 4 is 11.0 Å². The van der Waals surface area contributed by atoms with Crippen molar-refractivity contribution in [3.63, 3.8) is 0 Å². The van der Waals surface area contributed by atoms with Crippen LogP contribution in [0.1, 0.15) is 12.6 Å². The first kappa shape index (κ1) is 14.3. The van der Waals surface area contributed by atoms with Crippen LogP contribution in [0, 0.1) is 5.82 Å². The molecule has 7 nitrogen and oxygen atoms in total. The first-order valence-electron chi connectivity index (χ1n) is 7.17. The molecule has 8 heteroatoms. The monoisotopic (exact) mass is 319 g/mol. The fourth-order valence-corrected chi connectivity index (χ4v) is 2.93. The van der Waals surface area contributed by atoms with Crippen LogP contribution in [-0.2, 0) is 4.74 Å². The molecule has 0 bridgehead atoms. The number of aromatic nitrogens is 3. The third kappa shape index (κ3) is 2.23. The number of aliphatic hydroxyl groups excluding tert-OH is 2. The summed E-state index contributed by atoms with van der Waals surface area (Å²) in [5.41, 5.74) is 1.44. The Labute approximate surface area is 130 Å². The van der Waals surface area contributed by atoms with Crippen molar-refractivity contribution in [1.82, 2.24) is 14.5 Å². The van der Waals surface area contributed by atoms with Crippen LogP contribution in [0.4, 0.5) is 4.39 Å². The maximum absolute atomic E-state index is 14.5. The van der Waals surface area contributed by atoms with Gasteiger partial charge in [0.15, 0.2) is 5.82 Å². The fourth-order valence-electron chi connectivity index (χ4n) is 2.93. The zero-order valence-electron chi connectivity index (χ0n) is 12.0. The van der Waals surface area contributed by atoms with Gasteiger partial charge in [0.1, 0.15) is 24.3 Å². The number of rotatable bonds is 3. The maximum atomic E-state index is 14.5. The summed E-state index contributed by atoms with van der Waals surface area (Å²) < 4.78 is 26.6. The molecule has 0 amide bonds. The second kappa shape index (κ2) is 5.41. The van der Waals surface area contributed by atoms with E-state index in [0.717, 1.165) is 0 Å². The molecule has 1 aliphatic rings. The van der Waals surface area contributed by atoms with Gasteiger partial charge in [-0.05, 0) is 6.07 Å². The van der Waals surface area contributed by atoms with E-state index in [0.29, 0.717) is 16.9 Å². The number of aliphatic hydroxyl groups is 2. The van der Waals surface area contributed by atoms with E-state index in [-0.39, 0.29) is 18.4 Å². The number of fused-ring (bicyclic) bond motifs is 1. The molecule has 0 radical (unpaired) electrons. The molecule has 3 aromatic rings. The van der Waals surface area contributed by atoms with E-state index < -0.39 is 24.3 Å². The average Bonchev–Trinajstić information content (AvgIpc) is 3.26. The predicted octanol–water partition coefficient (Wildman–Crippen LogP) is 1.47. The molecule has 4 rings (SSSR count). The number of hydrogen-bond acceptors (Lipinski definition) is 6. The Kier molecular flexibility index (Phi) is 3.37. The first-order chi connectivity index (χ1) is 11.2. The summed E-state index contributed by atoms with van der Waals surface area (Å²) in [6.07, 6.45) is 3.75. The molecule has 1 fully saturated rings. The van der Waals surface area contributed by atoms with Crippen LogP contribution in [0.5, 0.6) is 0 Å². The quantitative estimate of drug-likeness (QED) is 0.759. The number of ether oxygens (including phenoxy) is 1. The Balaban J connectivity index is 1.83. The van der Waals surface area contributed by atoms with Crippen LogP contribution >= 0.6 is 0 Å². The minimum absolute atomic E-state index is 0.249. The Morgan fingerprint density at radius 1 is 1.39 bits per heavy atom. The summed E-state index contributed by atoms with van der Waals surface area (Å²) in [5.74, 6) is -0.484. The van der Waals surface area contributed by atoms with Gasteiger partial charge in [0, 0.05) is 18.2 Å². The molecule has 0 aliphatic carbocycles. The molecule has 23 heavy (non-hydrogen) atoms. The molecule has 0 unspecified atom stereocenters. The summed E-state index contributed by atoms with van der Waals surface area (Å²) in [7, 11) is 0. The van der Waals surface area contributed by atoms with Gasteiger partial charge in [0.2, 0.25) is 0 Å². The van der Waals surface area contributed by atoms with Gasteiger partial charge in [0.05, 0.1) is 36.3 Å². The lowest BCUT2D eigenvalue weighted by molar-refractivity contribution is -0.0431. The topological polar surface area (TPSA) is 93.5 Å². The molecule has 2 N–H and O–H groups in total. The highest BCUT2D eigenvalue weighted by Crippen LogP contribution is 2.35. The Morgan fingerprint density at radius 3 is 2.96 bits per heavy atom. The SMILES string of the molecule is OC[C@H]1O[C@@H](n2cc(F)c3c(-c4ccoc4)ncnc32)C[C@@H]1O. The number of halogens is 1. The van der Waals surface area contributed by atoms with Crippen molar-refractivity contribution in [3.8, 4) is 11.3 Å². The Bertz CT molecular complexity index is 833. The third-order valence-electron chi connectivity index (χ3n) is 4.05. The molecule has 3 aromatic heterocycles. The van der Waals surface area contributed by atoms with E-state index in [4.69, 9.17) is 9.15 Å². The first-order valence-corrected chi connectivity index (χ1v) is 7.17. The van der Waals surface area contributed by atoms with Gasteiger partial charge in [-0.3, -0.25) is 0 Å². The van der Waals surface area contributed by atoms with Crippen LogP contribution in [0.3, 0.4) is 0 Å². The van der Waals surface area contributed by atoms with Crippen LogP contribution in [0.25, 0.3) is 22.3 Å². The lowest BCUT2D eigenvalue weighted by Gasteiger charge is -2.14. The zero-order chi connectivity index (χ0) is 16.0. The van der Waals surface area contributed by atoms with Crippen molar-refractivity contribution in [2.24, 2.45) is 0 Å². The normalized spacial score (nSPS) is 24.6. The summed E-state index contributed by atoms with van der Waals surface area (Å²) in [6.45, 7) is -0.297. The second-order valence-electron chi connectivity index (χ2n) is 5.43. The van der Waals surface area contributed by atoms with Gasteiger partial charge in [-0.15, -0.1) is 0 Å². The molecule has 1 aliphatic heterocycles. The standard InChI is InChI=1S/C15H14FN3O4/c16-9-4-19(12-3-10(21)11(5-20)23-12)15-13(9)14(17-7-18-15)8-1-2-22-6-8/h1-2,4,6-7,10-12,20-21H,3,5H2/t10-,11+,12+/m0/s1. The summed E-state index contributed by atoms with van der Waals surface area (Å²) in [6, 6.07) is 1.69. The van der Waals surface area contributed by atoms with Gasteiger partial charge in [0.25, 0.3) is 0 Å². The van der Waals surface area contributed by atoms with Crippen LogP contribution in [-0.4, -0.2) is 43.6 Å². The van der Waals surface area contributed by atoms with Gasteiger partial charge >= 0.3 is 0 Å². The minimum Gasteiger partial charge on any atom is -0.472 e. The van der Waals surface area contributed by atoms with E-state index in [1.165, 1.54) is 29.6 Å². The van der Waals surface area contributed by atoms with Crippen molar-refractivity contribution in [3.05, 3.63) is 36.9 Å². The average molecular weight is 319 g/mol. The zero-order valence-corrected chi connectivity index (χ0v) is 12.0. The van der Waals surface area contributed by atoms with Crippen molar-refractivity contribution in [1.29, 1.82) is 0 Å². The van der Waals surface area contributed by atoms with Crippen LogP contribution in [0.15, 0.2) is 35.5 Å². The smallest absolute Gasteiger partial charge is 0.152 e. The minimum atomic E-state index is -0.805. The molecule has 1 saturated heterocycles. The second-order valence-corrected chi connectivity index (χ2v) is 5.43. The van der Waals surface area contributed by atoms with E-state index in [9.17, 15) is 14.6 Å². The van der Waals surface area contributed by atoms with Gasteiger partial charge < -0.3 is 23.9 Å². The highest BCUT2D eigenvalue weighted by atomic mass is 19.1. The fraction of sp³-hybridized carbons (Fsp3) is 0.333. The van der Waals surface area contributed by atoms with Gasteiger partial charge in [-0.1, -0.05) is 0 Å². The molecule has 0 saturated carbocycles. The summed E-state index contributed by atoms with van der Waals surface area (Å²) in [5, 5.41) is 19.3.